The fourth-order valence-corrected chi connectivity index (χ4v) is 1.23. The molecule has 0 saturated carbocycles. The summed E-state index contributed by atoms with van der Waals surface area (Å²) in [5.41, 5.74) is 2.35. The molecule has 2 aromatic carbocycles. The minimum Gasteiger partial charge on any atom is -0.478 e. The average molecular weight is 238 g/mol. The third kappa shape index (κ3) is 4.54. The zero-order valence-corrected chi connectivity index (χ0v) is 10.1. The molecule has 2 heteroatoms. The molecule has 0 unspecified atom stereocenters. The van der Waals surface area contributed by atoms with Gasteiger partial charge in [0.25, 0.3) is 0 Å². The first-order valence-electron chi connectivity index (χ1n) is 5.45. The summed E-state index contributed by atoms with van der Waals surface area (Å²) in [7, 11) is 0. The Hall–Kier alpha value is -2.53. The molecule has 2 aromatic rings. The second-order valence-electron chi connectivity index (χ2n) is 3.68. The Morgan fingerprint density at radius 2 is 1.61 bits per heavy atom. The van der Waals surface area contributed by atoms with E-state index in [1.807, 2.05) is 37.3 Å². The number of carboxylic acids is 1. The first-order valence-corrected chi connectivity index (χ1v) is 5.45. The van der Waals surface area contributed by atoms with Gasteiger partial charge in [-0.15, -0.1) is 6.42 Å². The van der Waals surface area contributed by atoms with Gasteiger partial charge in [-0.25, -0.2) is 4.79 Å². The molecule has 0 aliphatic carbocycles. The number of carbonyl (C=O) groups is 1. The van der Waals surface area contributed by atoms with Crippen molar-refractivity contribution in [1.29, 1.82) is 0 Å². The molecule has 0 bridgehead atoms. The predicted molar refractivity (Wildman–Crippen MR) is 72.5 cm³/mol. The molecule has 90 valence electrons. The number of terminal acetylenes is 1. The highest BCUT2D eigenvalue weighted by atomic mass is 16.4. The maximum atomic E-state index is 10.3. The van der Waals surface area contributed by atoms with Crippen LogP contribution >= 0.6 is 0 Å². The lowest BCUT2D eigenvalue weighted by Gasteiger charge is -1.92. The maximum Gasteiger partial charge on any atom is 0.335 e. The average Bonchev–Trinajstić information content (AvgIpc) is 2.41. The van der Waals surface area contributed by atoms with Gasteiger partial charge >= 0.3 is 5.97 Å². The Bertz CT molecular complexity index is 534. The molecule has 0 amide bonds. The van der Waals surface area contributed by atoms with Crippen LogP contribution in [0.2, 0.25) is 0 Å². The second kappa shape index (κ2) is 6.93. The van der Waals surface area contributed by atoms with Gasteiger partial charge in [0.2, 0.25) is 0 Å². The SMILES string of the molecule is C#Cc1ccccc1.Cc1ccc(C(=O)O)cc1. The predicted octanol–water partition coefficient (Wildman–Crippen LogP) is 3.36. The van der Waals surface area contributed by atoms with Crippen LogP contribution in [0.4, 0.5) is 0 Å². The molecule has 0 aromatic heterocycles. The summed E-state index contributed by atoms with van der Waals surface area (Å²) < 4.78 is 0. The molecular formula is C16H14O2. The van der Waals surface area contributed by atoms with Crippen molar-refractivity contribution >= 4 is 5.97 Å². The molecule has 0 radical (unpaired) electrons. The van der Waals surface area contributed by atoms with Crippen molar-refractivity contribution in [2.45, 2.75) is 6.92 Å². The molecule has 0 aliphatic rings. The highest BCUT2D eigenvalue weighted by Gasteiger charge is 1.98. The van der Waals surface area contributed by atoms with E-state index in [4.69, 9.17) is 11.5 Å². The topological polar surface area (TPSA) is 37.3 Å². The lowest BCUT2D eigenvalue weighted by atomic mass is 10.2. The first-order chi connectivity index (χ1) is 8.63. The standard InChI is InChI=1S/C8H8O2.C8H6/c1-6-2-4-7(5-3-6)8(9)10;1-2-8-6-4-3-5-7-8/h2-5H,1H3,(H,9,10);1,3-7H. The van der Waals surface area contributed by atoms with Crippen LogP contribution < -0.4 is 0 Å². The zero-order valence-electron chi connectivity index (χ0n) is 10.1. The summed E-state index contributed by atoms with van der Waals surface area (Å²) in [6.45, 7) is 1.92. The highest BCUT2D eigenvalue weighted by Crippen LogP contribution is 2.01. The third-order valence-corrected chi connectivity index (χ3v) is 2.24. The molecule has 0 fully saturated rings. The van der Waals surface area contributed by atoms with Crippen LogP contribution in [0, 0.1) is 19.3 Å². The van der Waals surface area contributed by atoms with Crippen molar-refractivity contribution in [2.75, 3.05) is 0 Å². The lowest BCUT2D eigenvalue weighted by Crippen LogP contribution is -1.94. The fraction of sp³-hybridized carbons (Fsp3) is 0.0625. The minimum absolute atomic E-state index is 0.339. The number of rotatable bonds is 1. The van der Waals surface area contributed by atoms with E-state index < -0.39 is 5.97 Å². The van der Waals surface area contributed by atoms with Crippen LogP contribution in [-0.4, -0.2) is 11.1 Å². The first kappa shape index (κ1) is 13.5. The summed E-state index contributed by atoms with van der Waals surface area (Å²) in [6, 6.07) is 16.4. The van der Waals surface area contributed by atoms with Crippen LogP contribution in [0.3, 0.4) is 0 Å². The molecule has 0 aliphatic heterocycles. The number of hydrogen-bond donors (Lipinski definition) is 1. The van der Waals surface area contributed by atoms with E-state index in [1.165, 1.54) is 0 Å². The molecule has 1 N–H and O–H groups in total. The van der Waals surface area contributed by atoms with E-state index in [-0.39, 0.29) is 0 Å². The van der Waals surface area contributed by atoms with Gasteiger partial charge in [0.1, 0.15) is 0 Å². The van der Waals surface area contributed by atoms with Gasteiger partial charge in [0.15, 0.2) is 0 Å². The van der Waals surface area contributed by atoms with Crippen LogP contribution in [0.1, 0.15) is 21.5 Å². The van der Waals surface area contributed by atoms with Crippen molar-refractivity contribution in [1.82, 2.24) is 0 Å². The quantitative estimate of drug-likeness (QED) is 0.773. The molecule has 2 rings (SSSR count). The maximum absolute atomic E-state index is 10.3. The normalized spacial score (nSPS) is 8.67. The van der Waals surface area contributed by atoms with Gasteiger partial charge in [-0.2, -0.15) is 0 Å². The third-order valence-electron chi connectivity index (χ3n) is 2.24. The van der Waals surface area contributed by atoms with Crippen LogP contribution in [0.25, 0.3) is 0 Å². The fourth-order valence-electron chi connectivity index (χ4n) is 1.23. The molecule has 0 atom stereocenters. The highest BCUT2D eigenvalue weighted by molar-refractivity contribution is 5.87. The summed E-state index contributed by atoms with van der Waals surface area (Å²) in [4.78, 5) is 10.3. The second-order valence-corrected chi connectivity index (χ2v) is 3.68. The lowest BCUT2D eigenvalue weighted by molar-refractivity contribution is 0.0697. The molecule has 2 nitrogen and oxygen atoms in total. The Balaban J connectivity index is 0.000000184. The molecule has 0 heterocycles. The van der Waals surface area contributed by atoms with E-state index in [1.54, 1.807) is 24.3 Å². The largest absolute Gasteiger partial charge is 0.478 e. The number of benzene rings is 2. The van der Waals surface area contributed by atoms with Gasteiger partial charge in [-0.1, -0.05) is 41.8 Å². The Labute approximate surface area is 107 Å². The van der Waals surface area contributed by atoms with E-state index in [0.29, 0.717) is 5.56 Å². The summed E-state index contributed by atoms with van der Waals surface area (Å²) in [5, 5.41) is 8.48. The Morgan fingerprint density at radius 3 is 2.00 bits per heavy atom. The Morgan fingerprint density at radius 1 is 1.06 bits per heavy atom. The van der Waals surface area contributed by atoms with E-state index in [9.17, 15) is 4.79 Å². The smallest absolute Gasteiger partial charge is 0.335 e. The van der Waals surface area contributed by atoms with Gasteiger partial charge in [-0.3, -0.25) is 0 Å². The van der Waals surface area contributed by atoms with Crippen LogP contribution in [0.5, 0.6) is 0 Å². The molecule has 18 heavy (non-hydrogen) atoms. The van der Waals surface area contributed by atoms with Crippen molar-refractivity contribution in [2.24, 2.45) is 0 Å². The summed E-state index contributed by atoms with van der Waals surface area (Å²) in [6.07, 6.45) is 5.10. The van der Waals surface area contributed by atoms with Crippen molar-refractivity contribution in [3.63, 3.8) is 0 Å². The van der Waals surface area contributed by atoms with E-state index in [0.717, 1.165) is 11.1 Å². The van der Waals surface area contributed by atoms with Gasteiger partial charge in [0.05, 0.1) is 5.56 Å². The number of carboxylic acid groups (broad SMARTS) is 1. The number of aromatic carboxylic acids is 1. The number of aryl methyl sites for hydroxylation is 1. The number of hydrogen-bond acceptors (Lipinski definition) is 1. The van der Waals surface area contributed by atoms with E-state index >= 15 is 0 Å². The van der Waals surface area contributed by atoms with Crippen LogP contribution in [-0.2, 0) is 0 Å². The summed E-state index contributed by atoms with van der Waals surface area (Å²) >= 11 is 0. The van der Waals surface area contributed by atoms with Crippen molar-refractivity contribution in [3.8, 4) is 12.3 Å². The van der Waals surface area contributed by atoms with Crippen LogP contribution in [0.15, 0.2) is 54.6 Å². The summed E-state index contributed by atoms with van der Waals surface area (Å²) in [5.74, 6) is 1.65. The zero-order chi connectivity index (χ0) is 13.4. The monoisotopic (exact) mass is 238 g/mol. The molecule has 0 spiro atoms. The van der Waals surface area contributed by atoms with Gasteiger partial charge < -0.3 is 5.11 Å². The van der Waals surface area contributed by atoms with Gasteiger partial charge in [0, 0.05) is 5.56 Å². The van der Waals surface area contributed by atoms with Gasteiger partial charge in [-0.05, 0) is 31.2 Å². The minimum atomic E-state index is -0.875. The Kier molecular flexibility index (Phi) is 5.21. The van der Waals surface area contributed by atoms with Crippen molar-refractivity contribution < 1.29 is 9.90 Å². The van der Waals surface area contributed by atoms with Crippen molar-refractivity contribution in [3.05, 3.63) is 71.3 Å². The molecular weight excluding hydrogens is 224 g/mol. The molecule has 0 saturated heterocycles. The van der Waals surface area contributed by atoms with E-state index in [2.05, 4.69) is 5.92 Å².